The van der Waals surface area contributed by atoms with Crippen molar-refractivity contribution >= 4 is 28.3 Å². The summed E-state index contributed by atoms with van der Waals surface area (Å²) in [4.78, 5) is 14.1. The van der Waals surface area contributed by atoms with Crippen LogP contribution in [-0.4, -0.2) is 55.2 Å². The summed E-state index contributed by atoms with van der Waals surface area (Å²) in [6, 6.07) is 8.37. The normalized spacial score (nSPS) is 21.0. The quantitative estimate of drug-likeness (QED) is 0.861. The molecule has 1 aromatic carbocycles. The van der Waals surface area contributed by atoms with Gasteiger partial charge in [-0.2, -0.15) is 4.31 Å². The van der Waals surface area contributed by atoms with Crippen LogP contribution < -0.4 is 5.73 Å². The number of rotatable bonds is 3. The molecule has 8 heteroatoms. The minimum Gasteiger partial charge on any atom is -0.338 e. The maximum atomic E-state index is 12.5. The molecule has 1 saturated heterocycles. The van der Waals surface area contributed by atoms with E-state index < -0.39 is 15.6 Å². The third-order valence-corrected chi connectivity index (χ3v) is 6.03. The summed E-state index contributed by atoms with van der Waals surface area (Å²) < 4.78 is 26.4. The zero-order chi connectivity index (χ0) is 15.1. The summed E-state index contributed by atoms with van der Waals surface area (Å²) in [5.41, 5.74) is 5.23. The maximum Gasteiger partial charge on any atom is 0.243 e. The molecule has 2 fully saturated rings. The highest BCUT2D eigenvalue weighted by Crippen LogP contribution is 2.34. The average molecular weight is 346 g/mol. The molecule has 1 aliphatic heterocycles. The van der Waals surface area contributed by atoms with E-state index in [0.29, 0.717) is 31.1 Å². The lowest BCUT2D eigenvalue weighted by molar-refractivity contribution is -0.134. The number of piperazine rings is 1. The molecule has 122 valence electrons. The summed E-state index contributed by atoms with van der Waals surface area (Å²) in [6.07, 6.45) is 1.46. The van der Waals surface area contributed by atoms with E-state index in [0.717, 1.165) is 12.8 Å². The molecule has 0 spiro atoms. The van der Waals surface area contributed by atoms with Gasteiger partial charge in [0.25, 0.3) is 0 Å². The molecular weight excluding hydrogens is 326 g/mol. The second-order valence-corrected chi connectivity index (χ2v) is 7.60. The Hall–Kier alpha value is -1.15. The van der Waals surface area contributed by atoms with Gasteiger partial charge in [0.2, 0.25) is 15.9 Å². The van der Waals surface area contributed by atoms with E-state index in [1.165, 1.54) is 4.31 Å². The number of hydrogen-bond donors (Lipinski definition) is 1. The lowest BCUT2D eigenvalue weighted by atomic mass is 10.2. The van der Waals surface area contributed by atoms with Gasteiger partial charge in [-0.3, -0.25) is 4.79 Å². The molecule has 1 amide bonds. The van der Waals surface area contributed by atoms with Crippen LogP contribution in [0.2, 0.25) is 0 Å². The first kappa shape index (κ1) is 17.2. The predicted octanol–water partition coefficient (Wildman–Crippen LogP) is 0.433. The number of nitrogens with two attached hydrogens (primary N) is 1. The molecule has 2 aliphatic rings. The fourth-order valence-electron chi connectivity index (χ4n) is 2.54. The van der Waals surface area contributed by atoms with Crippen LogP contribution in [0, 0.1) is 0 Å². The van der Waals surface area contributed by atoms with E-state index in [9.17, 15) is 13.2 Å². The zero-order valence-electron chi connectivity index (χ0n) is 12.1. The van der Waals surface area contributed by atoms with Gasteiger partial charge >= 0.3 is 0 Å². The van der Waals surface area contributed by atoms with Crippen LogP contribution >= 0.6 is 12.4 Å². The molecule has 1 heterocycles. The number of benzene rings is 1. The zero-order valence-corrected chi connectivity index (χ0v) is 13.8. The van der Waals surface area contributed by atoms with Crippen molar-refractivity contribution in [3.8, 4) is 0 Å². The van der Waals surface area contributed by atoms with Gasteiger partial charge < -0.3 is 10.6 Å². The van der Waals surface area contributed by atoms with E-state index in [1.807, 2.05) is 0 Å². The molecular formula is C14H20ClN3O3S. The molecule has 0 unspecified atom stereocenters. The van der Waals surface area contributed by atoms with Gasteiger partial charge in [-0.1, -0.05) is 18.2 Å². The van der Waals surface area contributed by atoms with Crippen molar-refractivity contribution in [2.75, 3.05) is 26.2 Å². The van der Waals surface area contributed by atoms with Crippen molar-refractivity contribution in [2.24, 2.45) is 5.73 Å². The molecule has 3 rings (SSSR count). The fourth-order valence-corrected chi connectivity index (χ4v) is 3.98. The molecule has 0 radical (unpaired) electrons. The lowest BCUT2D eigenvalue weighted by Crippen LogP contribution is -2.55. The van der Waals surface area contributed by atoms with Crippen molar-refractivity contribution < 1.29 is 13.2 Å². The molecule has 22 heavy (non-hydrogen) atoms. The SMILES string of the molecule is Cl.NC1(C(=O)N2CCN(S(=O)(=O)c3ccccc3)CC2)CC1. The predicted molar refractivity (Wildman–Crippen MR) is 85.2 cm³/mol. The van der Waals surface area contributed by atoms with E-state index in [-0.39, 0.29) is 18.3 Å². The van der Waals surface area contributed by atoms with Crippen LogP contribution in [0.25, 0.3) is 0 Å². The molecule has 6 nitrogen and oxygen atoms in total. The Morgan fingerprint density at radius 1 is 1.05 bits per heavy atom. The molecule has 0 aromatic heterocycles. The van der Waals surface area contributed by atoms with E-state index in [1.54, 1.807) is 35.2 Å². The molecule has 0 bridgehead atoms. The Morgan fingerprint density at radius 2 is 1.59 bits per heavy atom. The highest BCUT2D eigenvalue weighted by Gasteiger charge is 2.48. The average Bonchev–Trinajstić information content (AvgIpc) is 3.26. The standard InChI is InChI=1S/C14H19N3O3S.ClH/c15-14(6-7-14)13(18)16-8-10-17(11-9-16)21(19,20)12-4-2-1-3-5-12;/h1-5H,6-11,15H2;1H. The monoisotopic (exact) mass is 345 g/mol. The number of carbonyl (C=O) groups is 1. The van der Waals surface area contributed by atoms with Gasteiger partial charge in [-0.05, 0) is 25.0 Å². The van der Waals surface area contributed by atoms with Gasteiger partial charge in [-0.25, -0.2) is 8.42 Å². The van der Waals surface area contributed by atoms with Crippen molar-refractivity contribution in [2.45, 2.75) is 23.3 Å². The smallest absolute Gasteiger partial charge is 0.243 e. The molecule has 2 N–H and O–H groups in total. The molecule has 1 aliphatic carbocycles. The number of carbonyl (C=O) groups excluding carboxylic acids is 1. The van der Waals surface area contributed by atoms with Crippen molar-refractivity contribution in [1.29, 1.82) is 0 Å². The maximum absolute atomic E-state index is 12.5. The summed E-state index contributed by atoms with van der Waals surface area (Å²) >= 11 is 0. The fraction of sp³-hybridized carbons (Fsp3) is 0.500. The van der Waals surface area contributed by atoms with Gasteiger partial charge in [-0.15, -0.1) is 12.4 Å². The van der Waals surface area contributed by atoms with Crippen molar-refractivity contribution in [1.82, 2.24) is 9.21 Å². The first-order chi connectivity index (χ1) is 9.93. The topological polar surface area (TPSA) is 83.7 Å². The Bertz CT molecular complexity index is 639. The second-order valence-electron chi connectivity index (χ2n) is 5.67. The van der Waals surface area contributed by atoms with E-state index >= 15 is 0 Å². The third-order valence-electron chi connectivity index (χ3n) is 4.12. The molecule has 1 aromatic rings. The first-order valence-electron chi connectivity index (χ1n) is 7.07. The van der Waals surface area contributed by atoms with Gasteiger partial charge in [0.05, 0.1) is 10.4 Å². The number of sulfonamides is 1. The van der Waals surface area contributed by atoms with Gasteiger partial charge in [0.15, 0.2) is 0 Å². The Balaban J connectivity index is 0.00000176. The molecule has 1 saturated carbocycles. The summed E-state index contributed by atoms with van der Waals surface area (Å²) in [6.45, 7) is 1.45. The van der Waals surface area contributed by atoms with Gasteiger partial charge in [0.1, 0.15) is 0 Å². The van der Waals surface area contributed by atoms with Gasteiger partial charge in [0, 0.05) is 26.2 Å². The summed E-state index contributed by atoms with van der Waals surface area (Å²) in [7, 11) is -3.47. The minimum absolute atomic E-state index is 0. The van der Waals surface area contributed by atoms with Crippen molar-refractivity contribution in [3.63, 3.8) is 0 Å². The summed E-state index contributed by atoms with van der Waals surface area (Å²) in [5, 5.41) is 0. The number of halogens is 1. The Kier molecular flexibility index (Phi) is 4.81. The van der Waals surface area contributed by atoms with Crippen molar-refractivity contribution in [3.05, 3.63) is 30.3 Å². The Morgan fingerprint density at radius 3 is 2.09 bits per heavy atom. The molecule has 0 atom stereocenters. The Labute approximate surface area is 136 Å². The summed E-state index contributed by atoms with van der Waals surface area (Å²) in [5.74, 6) is -0.0424. The van der Waals surface area contributed by atoms with Crippen LogP contribution in [0.3, 0.4) is 0 Å². The van der Waals surface area contributed by atoms with Crippen LogP contribution in [0.15, 0.2) is 35.2 Å². The van der Waals surface area contributed by atoms with Crippen LogP contribution in [0.1, 0.15) is 12.8 Å². The number of amides is 1. The second kappa shape index (κ2) is 6.16. The minimum atomic E-state index is -3.47. The first-order valence-corrected chi connectivity index (χ1v) is 8.51. The highest BCUT2D eigenvalue weighted by molar-refractivity contribution is 7.89. The van der Waals surface area contributed by atoms with E-state index in [2.05, 4.69) is 0 Å². The van der Waals surface area contributed by atoms with Crippen LogP contribution in [0.4, 0.5) is 0 Å². The van der Waals surface area contributed by atoms with Crippen LogP contribution in [-0.2, 0) is 14.8 Å². The number of hydrogen-bond acceptors (Lipinski definition) is 4. The van der Waals surface area contributed by atoms with E-state index in [4.69, 9.17) is 5.73 Å². The number of nitrogens with zero attached hydrogens (tertiary/aromatic N) is 2. The largest absolute Gasteiger partial charge is 0.338 e. The third kappa shape index (κ3) is 3.12. The highest BCUT2D eigenvalue weighted by atomic mass is 35.5. The van der Waals surface area contributed by atoms with Crippen LogP contribution in [0.5, 0.6) is 0 Å². The lowest BCUT2D eigenvalue weighted by Gasteiger charge is -2.35.